The first kappa shape index (κ1) is 20.0. The third-order valence-corrected chi connectivity index (χ3v) is 4.92. The molecule has 0 radical (unpaired) electrons. The average molecular weight is 435 g/mol. The highest BCUT2D eigenvalue weighted by Gasteiger charge is 2.18. The van der Waals surface area contributed by atoms with Crippen molar-refractivity contribution in [1.82, 2.24) is 29.9 Å². The SMILES string of the molecule is Nc1nc(-c2ccc(O)cc2)c(=O)n(-c2nnc(-c3ccccc3)c(-c3ccccc3)n2)n1. The third kappa shape index (κ3) is 3.90. The summed E-state index contributed by atoms with van der Waals surface area (Å²) in [4.78, 5) is 21.9. The molecule has 3 N–H and O–H groups in total. The molecule has 0 aliphatic rings. The first-order chi connectivity index (χ1) is 16.1. The van der Waals surface area contributed by atoms with Crippen LogP contribution < -0.4 is 11.3 Å². The molecule has 33 heavy (non-hydrogen) atoms. The van der Waals surface area contributed by atoms with E-state index in [9.17, 15) is 9.90 Å². The summed E-state index contributed by atoms with van der Waals surface area (Å²) in [5.74, 6) is -0.0972. The molecule has 2 aromatic heterocycles. The van der Waals surface area contributed by atoms with Gasteiger partial charge in [-0.15, -0.1) is 15.3 Å². The third-order valence-electron chi connectivity index (χ3n) is 4.92. The van der Waals surface area contributed by atoms with Gasteiger partial charge >= 0.3 is 5.56 Å². The highest BCUT2D eigenvalue weighted by molar-refractivity contribution is 5.77. The summed E-state index contributed by atoms with van der Waals surface area (Å²) in [7, 11) is 0. The van der Waals surface area contributed by atoms with Crippen molar-refractivity contribution < 1.29 is 5.11 Å². The number of hydrogen-bond donors (Lipinski definition) is 2. The lowest BCUT2D eigenvalue weighted by Gasteiger charge is -2.11. The predicted octanol–water partition coefficient (Wildman–Crippen LogP) is 3.10. The second-order valence-corrected chi connectivity index (χ2v) is 7.12. The molecule has 5 aromatic rings. The van der Waals surface area contributed by atoms with E-state index in [2.05, 4.69) is 25.3 Å². The van der Waals surface area contributed by atoms with E-state index in [0.29, 0.717) is 17.0 Å². The monoisotopic (exact) mass is 435 g/mol. The molecule has 0 atom stereocenters. The van der Waals surface area contributed by atoms with Crippen molar-refractivity contribution in [1.29, 1.82) is 0 Å². The minimum atomic E-state index is -0.567. The molecule has 0 fully saturated rings. The average Bonchev–Trinajstić information content (AvgIpc) is 2.86. The fourth-order valence-electron chi connectivity index (χ4n) is 3.37. The summed E-state index contributed by atoms with van der Waals surface area (Å²) < 4.78 is 0.985. The van der Waals surface area contributed by atoms with Gasteiger partial charge in [0.25, 0.3) is 5.95 Å². The smallest absolute Gasteiger partial charge is 0.300 e. The number of aromatic nitrogens is 6. The standard InChI is InChI=1S/C24H17N7O2/c25-23-26-21(17-11-13-18(32)14-12-17)22(33)31(30-23)24-27-19(15-7-3-1-4-8-15)20(28-29-24)16-9-5-2-6-10-16/h1-14,32H,(H2,25,30). The summed E-state index contributed by atoms with van der Waals surface area (Å²) in [5.41, 5.74) is 8.61. The second-order valence-electron chi connectivity index (χ2n) is 7.12. The van der Waals surface area contributed by atoms with Crippen LogP contribution in [0, 0.1) is 0 Å². The number of anilines is 1. The fourth-order valence-corrected chi connectivity index (χ4v) is 3.37. The van der Waals surface area contributed by atoms with Gasteiger partial charge in [-0.25, -0.2) is 9.97 Å². The molecule has 0 saturated heterocycles. The van der Waals surface area contributed by atoms with Crippen molar-refractivity contribution in [3.63, 3.8) is 0 Å². The molecule has 0 amide bonds. The Morgan fingerprint density at radius 2 is 1.24 bits per heavy atom. The van der Waals surface area contributed by atoms with Crippen LogP contribution in [0.4, 0.5) is 5.95 Å². The van der Waals surface area contributed by atoms with Gasteiger partial charge in [0.2, 0.25) is 5.95 Å². The summed E-state index contributed by atoms with van der Waals surface area (Å²) in [6, 6.07) is 25.1. The molecule has 160 valence electrons. The summed E-state index contributed by atoms with van der Waals surface area (Å²) >= 11 is 0. The van der Waals surface area contributed by atoms with Crippen LogP contribution in [0.1, 0.15) is 0 Å². The molecule has 5 rings (SSSR count). The van der Waals surface area contributed by atoms with E-state index >= 15 is 0 Å². The molecule has 9 heteroatoms. The van der Waals surface area contributed by atoms with Crippen LogP contribution in [-0.2, 0) is 0 Å². The zero-order valence-corrected chi connectivity index (χ0v) is 17.2. The molecule has 0 unspecified atom stereocenters. The van der Waals surface area contributed by atoms with E-state index in [0.717, 1.165) is 15.8 Å². The Bertz CT molecular complexity index is 1490. The van der Waals surface area contributed by atoms with Crippen molar-refractivity contribution in [3.8, 4) is 45.5 Å². The minimum absolute atomic E-state index is 0.0346. The topological polar surface area (TPSA) is 133 Å². The first-order valence-corrected chi connectivity index (χ1v) is 10.0. The number of nitrogens with two attached hydrogens (primary N) is 1. The van der Waals surface area contributed by atoms with Crippen LogP contribution in [-0.4, -0.2) is 35.1 Å². The molecule has 0 aliphatic carbocycles. The number of phenolic OH excluding ortho intramolecular Hbond substituents is 1. The number of rotatable bonds is 4. The van der Waals surface area contributed by atoms with Crippen LogP contribution in [0.3, 0.4) is 0 Å². The molecule has 9 nitrogen and oxygen atoms in total. The highest BCUT2D eigenvalue weighted by atomic mass is 16.3. The van der Waals surface area contributed by atoms with Gasteiger partial charge in [-0.05, 0) is 24.3 Å². The summed E-state index contributed by atoms with van der Waals surface area (Å²) in [6.07, 6.45) is 0. The number of benzene rings is 3. The number of aromatic hydroxyl groups is 1. The van der Waals surface area contributed by atoms with Gasteiger partial charge in [-0.2, -0.15) is 4.68 Å². The molecule has 3 aromatic carbocycles. The van der Waals surface area contributed by atoms with Gasteiger partial charge in [-0.3, -0.25) is 4.79 Å². The lowest BCUT2D eigenvalue weighted by Crippen LogP contribution is -2.27. The molecular weight excluding hydrogens is 418 g/mol. The van der Waals surface area contributed by atoms with Crippen LogP contribution in [0.5, 0.6) is 5.75 Å². The Morgan fingerprint density at radius 3 is 1.88 bits per heavy atom. The molecule has 0 bridgehead atoms. The molecule has 0 aliphatic heterocycles. The van der Waals surface area contributed by atoms with Gasteiger partial charge in [0, 0.05) is 16.7 Å². The number of hydrogen-bond acceptors (Lipinski definition) is 8. The van der Waals surface area contributed by atoms with Gasteiger partial charge in [0.15, 0.2) is 0 Å². The van der Waals surface area contributed by atoms with Gasteiger partial charge < -0.3 is 10.8 Å². The molecule has 0 saturated carbocycles. The van der Waals surface area contributed by atoms with Crippen molar-refractivity contribution in [3.05, 3.63) is 95.3 Å². The predicted molar refractivity (Wildman–Crippen MR) is 123 cm³/mol. The molecular formula is C24H17N7O2. The van der Waals surface area contributed by atoms with Gasteiger partial charge in [-0.1, -0.05) is 60.7 Å². The number of nitrogen functional groups attached to an aromatic ring is 1. The lowest BCUT2D eigenvalue weighted by molar-refractivity contribution is 0.475. The zero-order valence-electron chi connectivity index (χ0n) is 17.2. The van der Waals surface area contributed by atoms with Crippen LogP contribution in [0.15, 0.2) is 89.7 Å². The van der Waals surface area contributed by atoms with E-state index < -0.39 is 5.56 Å². The minimum Gasteiger partial charge on any atom is -0.508 e. The van der Waals surface area contributed by atoms with E-state index in [1.807, 2.05) is 60.7 Å². The van der Waals surface area contributed by atoms with Crippen LogP contribution in [0.2, 0.25) is 0 Å². The Kier molecular flexibility index (Phi) is 5.04. The molecule has 2 heterocycles. The Morgan fingerprint density at radius 1 is 0.667 bits per heavy atom. The van der Waals surface area contributed by atoms with Crippen molar-refractivity contribution >= 4 is 5.95 Å². The molecule has 0 spiro atoms. The van der Waals surface area contributed by atoms with Crippen LogP contribution in [0.25, 0.3) is 39.7 Å². The van der Waals surface area contributed by atoms with Gasteiger partial charge in [0.05, 0.1) is 0 Å². The van der Waals surface area contributed by atoms with Crippen molar-refractivity contribution in [2.75, 3.05) is 5.73 Å². The number of phenols is 1. The summed E-state index contributed by atoms with van der Waals surface area (Å²) in [5, 5.41) is 22.1. The Labute approximate surface area is 187 Å². The van der Waals surface area contributed by atoms with E-state index in [4.69, 9.17) is 5.73 Å². The quantitative estimate of drug-likeness (QED) is 0.440. The maximum Gasteiger partial charge on any atom is 0.300 e. The number of nitrogens with zero attached hydrogens (tertiary/aromatic N) is 6. The second kappa shape index (κ2) is 8.31. The fraction of sp³-hybridized carbons (Fsp3) is 0. The lowest BCUT2D eigenvalue weighted by atomic mass is 10.0. The summed E-state index contributed by atoms with van der Waals surface area (Å²) in [6.45, 7) is 0. The largest absolute Gasteiger partial charge is 0.508 e. The van der Waals surface area contributed by atoms with Crippen molar-refractivity contribution in [2.45, 2.75) is 0 Å². The normalized spacial score (nSPS) is 10.8. The highest BCUT2D eigenvalue weighted by Crippen LogP contribution is 2.28. The van der Waals surface area contributed by atoms with E-state index in [1.54, 1.807) is 12.1 Å². The zero-order chi connectivity index (χ0) is 22.8. The Hall–Kier alpha value is -4.92. The van der Waals surface area contributed by atoms with E-state index in [-0.39, 0.29) is 23.3 Å². The maximum absolute atomic E-state index is 13.2. The first-order valence-electron chi connectivity index (χ1n) is 10.0. The van der Waals surface area contributed by atoms with Gasteiger partial charge in [0.1, 0.15) is 22.8 Å². The van der Waals surface area contributed by atoms with Crippen LogP contribution >= 0.6 is 0 Å². The maximum atomic E-state index is 13.2. The van der Waals surface area contributed by atoms with E-state index in [1.165, 1.54) is 12.1 Å². The Balaban J connectivity index is 1.71. The van der Waals surface area contributed by atoms with Crippen molar-refractivity contribution in [2.24, 2.45) is 0 Å².